The first kappa shape index (κ1) is 20.1. The van der Waals surface area contributed by atoms with Crippen molar-refractivity contribution >= 4 is 52.4 Å². The SMILES string of the molecule is CCO.CCOC(C)=O.ClC(Cl)(Cl)Cl. The van der Waals surface area contributed by atoms with Crippen molar-refractivity contribution in [2.45, 2.75) is 24.0 Å². The van der Waals surface area contributed by atoms with Crippen molar-refractivity contribution in [3.05, 3.63) is 0 Å². The molecule has 0 aromatic carbocycles. The molecule has 0 unspecified atom stereocenters. The summed E-state index contributed by atoms with van der Waals surface area (Å²) < 4.78 is 2.79. The summed E-state index contributed by atoms with van der Waals surface area (Å²) in [5.74, 6) is -0.211. The highest BCUT2D eigenvalue weighted by molar-refractivity contribution is 6.83. The standard InChI is InChI=1S/C4H8O2.C2H6O.CCl4/c1-3-6-4(2)5;1-2-3;2-1(3,4)5/h3H2,1-2H3;3H,2H2,1H3;. The summed E-state index contributed by atoms with van der Waals surface area (Å²) in [6, 6.07) is 0. The van der Waals surface area contributed by atoms with Crippen LogP contribution in [-0.2, 0) is 9.53 Å². The van der Waals surface area contributed by atoms with Crippen LogP contribution in [-0.4, -0.2) is 27.5 Å². The van der Waals surface area contributed by atoms with Gasteiger partial charge in [-0.1, -0.05) is 46.4 Å². The van der Waals surface area contributed by atoms with E-state index in [9.17, 15) is 4.79 Å². The molecule has 14 heavy (non-hydrogen) atoms. The Balaban J connectivity index is -0.000000138. The van der Waals surface area contributed by atoms with E-state index in [0.29, 0.717) is 6.61 Å². The van der Waals surface area contributed by atoms with Gasteiger partial charge in [0.05, 0.1) is 6.61 Å². The van der Waals surface area contributed by atoms with Crippen LogP contribution in [0.25, 0.3) is 0 Å². The molecule has 0 heterocycles. The first-order chi connectivity index (χ1) is 6.18. The smallest absolute Gasteiger partial charge is 0.302 e. The molecule has 0 radical (unpaired) electrons. The van der Waals surface area contributed by atoms with E-state index in [1.54, 1.807) is 13.8 Å². The van der Waals surface area contributed by atoms with Gasteiger partial charge in [-0.2, -0.15) is 0 Å². The predicted molar refractivity (Wildman–Crippen MR) is 61.2 cm³/mol. The zero-order valence-electron chi connectivity index (χ0n) is 8.19. The number of carbonyl (C=O) groups is 1. The fraction of sp³-hybridized carbons (Fsp3) is 0.857. The van der Waals surface area contributed by atoms with Gasteiger partial charge in [-0.05, 0) is 13.8 Å². The molecule has 0 amide bonds. The normalized spacial score (nSPS) is 8.86. The van der Waals surface area contributed by atoms with Crippen LogP contribution in [0.4, 0.5) is 0 Å². The van der Waals surface area contributed by atoms with E-state index in [-0.39, 0.29) is 12.6 Å². The van der Waals surface area contributed by atoms with Gasteiger partial charge in [0.2, 0.25) is 0 Å². The second-order valence-corrected chi connectivity index (χ2v) is 5.10. The number of aliphatic hydroxyl groups excluding tert-OH is 1. The van der Waals surface area contributed by atoms with Crippen molar-refractivity contribution in [1.29, 1.82) is 0 Å². The van der Waals surface area contributed by atoms with E-state index < -0.39 is 3.25 Å². The number of alkyl halides is 4. The molecule has 0 spiro atoms. The maximum Gasteiger partial charge on any atom is 0.302 e. The van der Waals surface area contributed by atoms with Gasteiger partial charge in [0.25, 0.3) is 3.25 Å². The predicted octanol–water partition coefficient (Wildman–Crippen LogP) is 3.12. The fourth-order valence-corrected chi connectivity index (χ4v) is 0.203. The monoisotopic (exact) mass is 286 g/mol. The van der Waals surface area contributed by atoms with Crippen molar-refractivity contribution in [1.82, 2.24) is 0 Å². The Hall–Kier alpha value is 0.590. The number of hydrogen-bond donors (Lipinski definition) is 1. The van der Waals surface area contributed by atoms with Crippen molar-refractivity contribution < 1.29 is 14.6 Å². The van der Waals surface area contributed by atoms with Crippen molar-refractivity contribution in [2.24, 2.45) is 0 Å². The quantitative estimate of drug-likeness (QED) is 0.595. The summed E-state index contributed by atoms with van der Waals surface area (Å²) in [6.45, 7) is 5.58. The van der Waals surface area contributed by atoms with Gasteiger partial charge in [-0.25, -0.2) is 0 Å². The maximum atomic E-state index is 9.82. The Bertz CT molecular complexity index is 119. The van der Waals surface area contributed by atoms with Crippen molar-refractivity contribution in [3.8, 4) is 0 Å². The van der Waals surface area contributed by atoms with Gasteiger partial charge in [0.15, 0.2) is 0 Å². The van der Waals surface area contributed by atoms with E-state index in [4.69, 9.17) is 51.5 Å². The largest absolute Gasteiger partial charge is 0.466 e. The Morgan fingerprint density at radius 2 is 1.50 bits per heavy atom. The summed E-state index contributed by atoms with van der Waals surface area (Å²) in [5.41, 5.74) is 0. The molecule has 0 aliphatic carbocycles. The number of hydrogen-bond acceptors (Lipinski definition) is 3. The number of aliphatic hydroxyl groups is 1. The van der Waals surface area contributed by atoms with Crippen LogP contribution < -0.4 is 0 Å². The zero-order valence-corrected chi connectivity index (χ0v) is 11.2. The van der Waals surface area contributed by atoms with Gasteiger partial charge in [-0.15, -0.1) is 0 Å². The molecular formula is C7H14Cl4O3. The van der Waals surface area contributed by atoms with Crippen LogP contribution in [0.3, 0.4) is 0 Å². The van der Waals surface area contributed by atoms with Gasteiger partial charge in [0, 0.05) is 13.5 Å². The molecule has 88 valence electrons. The first-order valence-corrected chi connectivity index (χ1v) is 5.20. The highest BCUT2D eigenvalue weighted by Gasteiger charge is 2.11. The molecule has 0 saturated carbocycles. The number of carbonyl (C=O) groups excluding carboxylic acids is 1. The van der Waals surface area contributed by atoms with Crippen molar-refractivity contribution in [2.75, 3.05) is 13.2 Å². The summed E-state index contributed by atoms with van der Waals surface area (Å²) in [5, 5.41) is 7.57. The van der Waals surface area contributed by atoms with E-state index in [2.05, 4.69) is 4.74 Å². The van der Waals surface area contributed by atoms with Gasteiger partial charge >= 0.3 is 5.97 Å². The first-order valence-electron chi connectivity index (χ1n) is 3.68. The molecule has 0 atom stereocenters. The maximum absolute atomic E-state index is 9.82. The Morgan fingerprint density at radius 3 is 1.50 bits per heavy atom. The second kappa shape index (κ2) is 13.6. The van der Waals surface area contributed by atoms with Crippen LogP contribution in [0.2, 0.25) is 0 Å². The molecule has 0 aliphatic heterocycles. The molecular weight excluding hydrogens is 274 g/mol. The highest BCUT2D eigenvalue weighted by atomic mass is 35.6. The van der Waals surface area contributed by atoms with Crippen LogP contribution >= 0.6 is 46.4 Å². The fourth-order valence-electron chi connectivity index (χ4n) is 0.203. The average Bonchev–Trinajstić information content (AvgIpc) is 1.83. The molecule has 3 nitrogen and oxygen atoms in total. The summed E-state index contributed by atoms with van der Waals surface area (Å²) in [4.78, 5) is 9.82. The molecule has 7 heteroatoms. The highest BCUT2D eigenvalue weighted by Crippen LogP contribution is 2.29. The van der Waals surface area contributed by atoms with E-state index in [1.807, 2.05) is 0 Å². The van der Waals surface area contributed by atoms with Gasteiger partial charge in [0.1, 0.15) is 0 Å². The van der Waals surface area contributed by atoms with E-state index in [0.717, 1.165) is 0 Å². The van der Waals surface area contributed by atoms with Crippen LogP contribution in [0.15, 0.2) is 0 Å². The molecule has 0 aromatic heterocycles. The third kappa shape index (κ3) is 131. The second-order valence-electron chi connectivity index (χ2n) is 1.67. The van der Waals surface area contributed by atoms with Crippen LogP contribution in [0.1, 0.15) is 20.8 Å². The number of esters is 1. The lowest BCUT2D eigenvalue weighted by Gasteiger charge is -1.91. The third-order valence-electron chi connectivity index (χ3n) is 0.348. The van der Waals surface area contributed by atoms with Crippen LogP contribution in [0.5, 0.6) is 0 Å². The molecule has 0 aliphatic rings. The Kier molecular flexibility index (Phi) is 19.5. The minimum atomic E-state index is -1.61. The van der Waals surface area contributed by atoms with E-state index >= 15 is 0 Å². The minimum Gasteiger partial charge on any atom is -0.466 e. The summed E-state index contributed by atoms with van der Waals surface area (Å²) >= 11 is 19.3. The Morgan fingerprint density at radius 1 is 1.29 bits per heavy atom. The summed E-state index contributed by atoms with van der Waals surface area (Å²) in [7, 11) is 0. The number of rotatable bonds is 1. The third-order valence-corrected chi connectivity index (χ3v) is 0.348. The topological polar surface area (TPSA) is 46.5 Å². The molecule has 0 bridgehead atoms. The van der Waals surface area contributed by atoms with Gasteiger partial charge < -0.3 is 9.84 Å². The molecule has 0 rings (SSSR count). The molecule has 0 fully saturated rings. The number of halogens is 4. The van der Waals surface area contributed by atoms with Crippen LogP contribution in [0, 0.1) is 0 Å². The van der Waals surface area contributed by atoms with Crippen molar-refractivity contribution in [3.63, 3.8) is 0 Å². The lowest BCUT2D eigenvalue weighted by Crippen LogP contribution is -1.95. The molecule has 1 N–H and O–H groups in total. The lowest BCUT2D eigenvalue weighted by molar-refractivity contribution is -0.140. The lowest BCUT2D eigenvalue weighted by atomic mass is 10.8. The van der Waals surface area contributed by atoms with E-state index in [1.165, 1.54) is 6.92 Å². The van der Waals surface area contributed by atoms with Gasteiger partial charge in [-0.3, -0.25) is 4.79 Å². The molecule has 0 saturated heterocycles. The average molecular weight is 288 g/mol. The minimum absolute atomic E-state index is 0.211. The zero-order chi connectivity index (χ0) is 12.2. The number of ether oxygens (including phenoxy) is 1. The summed E-state index contributed by atoms with van der Waals surface area (Å²) in [6.07, 6.45) is 0. The Labute approximate surface area is 104 Å². The molecule has 0 aromatic rings.